The number of hydrogen-bond donors (Lipinski definition) is 15. The second-order valence-corrected chi connectivity index (χ2v) is 14.1. The molecule has 26 heteroatoms. The van der Waals surface area contributed by atoms with Crippen molar-refractivity contribution in [1.29, 1.82) is 0 Å². The Morgan fingerprint density at radius 1 is 0.683 bits per heavy atom. The van der Waals surface area contributed by atoms with Gasteiger partial charge in [-0.05, 0) is 44.7 Å². The number of aliphatic hydroxyl groups excluding tert-OH is 1. The second kappa shape index (κ2) is 26.1. The molecule has 346 valence electrons. The van der Waals surface area contributed by atoms with Gasteiger partial charge in [0.15, 0.2) is 5.96 Å². The third-order valence-electron chi connectivity index (χ3n) is 8.92. The van der Waals surface area contributed by atoms with Crippen molar-refractivity contribution in [2.24, 2.45) is 27.9 Å². The highest BCUT2D eigenvalue weighted by Gasteiger charge is 2.30. The zero-order chi connectivity index (χ0) is 47.2. The number of aliphatic hydroxyl groups is 1. The van der Waals surface area contributed by atoms with Crippen molar-refractivity contribution in [3.63, 3.8) is 0 Å². The Morgan fingerprint density at radius 2 is 1.27 bits per heavy atom. The van der Waals surface area contributed by atoms with Gasteiger partial charge in [0.25, 0.3) is 0 Å². The standard InChI is InChI=1S/C37H56N14O12/c1-18(38)31(57)51-26(17-52)35(61)50-25(12-20-13-43-22-7-4-3-6-21(20)22)33(59)46-16-29(55)47-19(2)32(58)45-14-28(54)44-15-30(56)48-23(9-10-27(39)53)34(60)49-24(36(62)63)8-5-11-42-37(40)41/h3-4,6-7,13,18-19,23-26,43,52H,5,8-12,14-17,38H2,1-2H3,(H2,39,53)(H,44,54)(H,45,58)(H,46,59)(H,47,55)(H,48,56)(H,49,60)(H,50,61)(H,51,57)(H,62,63)(H4,40,41,42)/t18-,19-,23-,24-,25-,26-/m0/s1. The Kier molecular flexibility index (Phi) is 21.4. The number of carbonyl (C=O) groups is 10. The smallest absolute Gasteiger partial charge is 0.326 e. The number of aliphatic imine (C=N–C) groups is 1. The molecule has 63 heavy (non-hydrogen) atoms. The van der Waals surface area contributed by atoms with Crippen LogP contribution in [0.5, 0.6) is 0 Å². The Labute approximate surface area is 360 Å². The molecule has 1 aromatic heterocycles. The summed E-state index contributed by atoms with van der Waals surface area (Å²) in [4.78, 5) is 132. The van der Waals surface area contributed by atoms with Gasteiger partial charge in [0.2, 0.25) is 53.2 Å². The molecule has 1 heterocycles. The summed E-state index contributed by atoms with van der Waals surface area (Å²) in [5.74, 6) is -9.23. The van der Waals surface area contributed by atoms with Crippen LogP contribution in [-0.4, -0.2) is 149 Å². The van der Waals surface area contributed by atoms with Crippen molar-refractivity contribution in [2.75, 3.05) is 32.8 Å². The fraction of sp³-hybridized carbons (Fsp3) is 0.486. The van der Waals surface area contributed by atoms with Gasteiger partial charge in [0, 0.05) is 36.5 Å². The number of para-hydroxylation sites is 1. The predicted octanol–water partition coefficient (Wildman–Crippen LogP) is -6.75. The van der Waals surface area contributed by atoms with Gasteiger partial charge in [-0.25, -0.2) is 4.79 Å². The molecular formula is C37H56N14O12. The van der Waals surface area contributed by atoms with Crippen molar-refractivity contribution in [3.05, 3.63) is 36.0 Å². The van der Waals surface area contributed by atoms with E-state index in [-0.39, 0.29) is 44.6 Å². The molecule has 0 aliphatic rings. The molecule has 0 fully saturated rings. The highest BCUT2D eigenvalue weighted by atomic mass is 16.4. The van der Waals surface area contributed by atoms with E-state index < -0.39 is 122 Å². The molecular weight excluding hydrogens is 832 g/mol. The first kappa shape index (κ1) is 51.8. The number of carbonyl (C=O) groups excluding carboxylic acids is 9. The van der Waals surface area contributed by atoms with Crippen molar-refractivity contribution >= 4 is 76.0 Å². The first-order valence-corrected chi connectivity index (χ1v) is 19.5. The molecule has 26 nitrogen and oxygen atoms in total. The van der Waals surface area contributed by atoms with Gasteiger partial charge in [-0.15, -0.1) is 0 Å². The third kappa shape index (κ3) is 18.8. The summed E-state index contributed by atoms with van der Waals surface area (Å²) in [5, 5.41) is 38.5. The van der Waals surface area contributed by atoms with E-state index in [9.17, 15) is 58.2 Å². The van der Waals surface area contributed by atoms with Gasteiger partial charge < -0.3 is 80.7 Å². The first-order chi connectivity index (χ1) is 29.7. The number of carboxylic acids is 1. The number of nitrogens with one attached hydrogen (secondary N) is 9. The molecule has 0 bridgehead atoms. The fourth-order valence-electron chi connectivity index (χ4n) is 5.54. The van der Waals surface area contributed by atoms with Crippen molar-refractivity contribution in [2.45, 2.75) is 82.2 Å². The largest absolute Gasteiger partial charge is 0.480 e. The number of amides is 9. The number of hydrogen-bond acceptors (Lipinski definition) is 13. The lowest BCUT2D eigenvalue weighted by Gasteiger charge is -2.23. The van der Waals surface area contributed by atoms with E-state index in [1.54, 1.807) is 30.5 Å². The number of nitrogens with two attached hydrogens (primary N) is 4. The zero-order valence-electron chi connectivity index (χ0n) is 34.7. The van der Waals surface area contributed by atoms with Gasteiger partial charge in [-0.3, -0.25) is 48.1 Å². The van der Waals surface area contributed by atoms with Gasteiger partial charge in [0.1, 0.15) is 30.2 Å². The monoisotopic (exact) mass is 888 g/mol. The third-order valence-corrected chi connectivity index (χ3v) is 8.92. The van der Waals surface area contributed by atoms with Crippen LogP contribution >= 0.6 is 0 Å². The average Bonchev–Trinajstić information content (AvgIpc) is 3.64. The summed E-state index contributed by atoms with van der Waals surface area (Å²) >= 11 is 0. The molecule has 0 aliphatic heterocycles. The summed E-state index contributed by atoms with van der Waals surface area (Å²) in [7, 11) is 0. The van der Waals surface area contributed by atoms with Crippen molar-refractivity contribution < 1.29 is 58.2 Å². The number of H-pyrrole nitrogens is 1. The zero-order valence-corrected chi connectivity index (χ0v) is 34.7. The lowest BCUT2D eigenvalue weighted by Crippen LogP contribution is -2.57. The maximum Gasteiger partial charge on any atom is 0.326 e. The summed E-state index contributed by atoms with van der Waals surface area (Å²) in [5.41, 5.74) is 22.6. The molecule has 0 saturated carbocycles. The molecule has 2 rings (SSSR count). The molecule has 1 aromatic carbocycles. The number of guanidine groups is 1. The highest BCUT2D eigenvalue weighted by Crippen LogP contribution is 2.19. The Bertz CT molecular complexity index is 2000. The van der Waals surface area contributed by atoms with Gasteiger partial charge in [-0.1, -0.05) is 18.2 Å². The maximum absolute atomic E-state index is 13.4. The van der Waals surface area contributed by atoms with Crippen LogP contribution in [0, 0.1) is 0 Å². The van der Waals surface area contributed by atoms with Crippen LogP contribution in [0.3, 0.4) is 0 Å². The quantitative estimate of drug-likeness (QED) is 0.0225. The minimum Gasteiger partial charge on any atom is -0.480 e. The van der Waals surface area contributed by atoms with Crippen LogP contribution in [0.1, 0.15) is 45.1 Å². The fourth-order valence-corrected chi connectivity index (χ4v) is 5.54. The predicted molar refractivity (Wildman–Crippen MR) is 223 cm³/mol. The molecule has 9 amide bonds. The minimum atomic E-state index is -1.45. The number of rotatable bonds is 27. The molecule has 0 saturated heterocycles. The first-order valence-electron chi connectivity index (χ1n) is 19.5. The van der Waals surface area contributed by atoms with E-state index in [0.29, 0.717) is 5.56 Å². The number of primary amides is 1. The minimum absolute atomic E-state index is 0.0731. The summed E-state index contributed by atoms with van der Waals surface area (Å²) in [6.07, 6.45) is 1.02. The molecule has 0 spiro atoms. The number of benzene rings is 1. The number of nitrogens with zero attached hydrogens (tertiary/aromatic N) is 1. The van der Waals surface area contributed by atoms with Crippen molar-refractivity contribution in [3.8, 4) is 0 Å². The Hall–Kier alpha value is -7.35. The average molecular weight is 889 g/mol. The SMILES string of the molecule is C[C@H](N)C(=O)N[C@@H](CO)C(=O)N[C@@H](Cc1c[nH]c2ccccc12)C(=O)NCC(=O)N[C@@H](C)C(=O)NCC(=O)NCC(=O)N[C@@H](CCC(N)=O)C(=O)N[C@@H](CCCN=C(N)N)C(=O)O. The van der Waals surface area contributed by atoms with Gasteiger partial charge in [-0.2, -0.15) is 0 Å². The Balaban J connectivity index is 1.92. The normalized spacial score (nSPS) is 13.6. The van der Waals surface area contributed by atoms with Gasteiger partial charge in [0.05, 0.1) is 32.3 Å². The van der Waals surface area contributed by atoms with E-state index >= 15 is 0 Å². The van der Waals surface area contributed by atoms with E-state index in [4.69, 9.17) is 22.9 Å². The van der Waals surface area contributed by atoms with Crippen LogP contribution in [0.2, 0.25) is 0 Å². The number of fused-ring (bicyclic) bond motifs is 1. The lowest BCUT2D eigenvalue weighted by molar-refractivity contribution is -0.142. The second-order valence-electron chi connectivity index (χ2n) is 14.1. The Morgan fingerprint density at radius 3 is 1.90 bits per heavy atom. The van der Waals surface area contributed by atoms with Crippen LogP contribution in [0.4, 0.5) is 0 Å². The molecule has 0 radical (unpaired) electrons. The lowest BCUT2D eigenvalue weighted by atomic mass is 10.0. The summed E-state index contributed by atoms with van der Waals surface area (Å²) in [6, 6.07) is -0.654. The number of aromatic amines is 1. The number of aromatic nitrogens is 1. The maximum atomic E-state index is 13.4. The molecule has 6 atom stereocenters. The number of carboxylic acid groups (broad SMARTS) is 1. The molecule has 0 unspecified atom stereocenters. The topological polar surface area (TPSA) is 440 Å². The van der Waals surface area contributed by atoms with Crippen LogP contribution in [-0.2, 0) is 54.4 Å². The van der Waals surface area contributed by atoms with Crippen molar-refractivity contribution in [1.82, 2.24) is 47.5 Å². The highest BCUT2D eigenvalue weighted by molar-refractivity contribution is 5.96. The van der Waals surface area contributed by atoms with Crippen LogP contribution in [0.25, 0.3) is 10.9 Å². The number of aliphatic carboxylic acids is 1. The molecule has 0 aliphatic carbocycles. The summed E-state index contributed by atoms with van der Waals surface area (Å²) in [6.45, 7) is -0.0968. The van der Waals surface area contributed by atoms with E-state index in [0.717, 1.165) is 10.9 Å². The van der Waals surface area contributed by atoms with E-state index in [1.165, 1.54) is 13.8 Å². The van der Waals surface area contributed by atoms with E-state index in [1.807, 2.05) is 0 Å². The van der Waals surface area contributed by atoms with E-state index in [2.05, 4.69) is 52.5 Å². The summed E-state index contributed by atoms with van der Waals surface area (Å²) < 4.78 is 0. The van der Waals surface area contributed by atoms with Crippen LogP contribution < -0.4 is 65.5 Å². The molecule has 2 aromatic rings. The molecule has 19 N–H and O–H groups in total. The van der Waals surface area contributed by atoms with Crippen LogP contribution in [0.15, 0.2) is 35.5 Å². The van der Waals surface area contributed by atoms with Gasteiger partial charge >= 0.3 is 5.97 Å².